The number of halogens is 1. The zero-order valence-electron chi connectivity index (χ0n) is 14.5. The Morgan fingerprint density at radius 3 is 2.52 bits per heavy atom. The van der Waals surface area contributed by atoms with Crippen molar-refractivity contribution in [2.45, 2.75) is 25.3 Å². The molecule has 3 N–H and O–H groups in total. The lowest BCUT2D eigenvalue weighted by molar-refractivity contribution is -0.132. The summed E-state index contributed by atoms with van der Waals surface area (Å²) in [5.41, 5.74) is 2.74. The van der Waals surface area contributed by atoms with Gasteiger partial charge in [0.2, 0.25) is 0 Å². The second-order valence-electron chi connectivity index (χ2n) is 6.33. The minimum atomic E-state index is -1.09. The van der Waals surface area contributed by atoms with Gasteiger partial charge >= 0.3 is 12.1 Å². The van der Waals surface area contributed by atoms with Gasteiger partial charge in [0.1, 0.15) is 5.54 Å². The quantitative estimate of drug-likeness (QED) is 0.633. The fraction of sp³-hybridized carbons (Fsp3) is 0.222. The topological polar surface area (TPSA) is 103 Å². The fourth-order valence-electron chi connectivity index (χ4n) is 2.69. The third-order valence-corrected chi connectivity index (χ3v) is 4.77. The van der Waals surface area contributed by atoms with E-state index in [1.165, 1.54) is 0 Å². The van der Waals surface area contributed by atoms with Gasteiger partial charge in [0.05, 0.1) is 0 Å². The largest absolute Gasteiger partial charge is 0.344 e. The number of urea groups is 2. The molecule has 9 heteroatoms. The van der Waals surface area contributed by atoms with Crippen molar-refractivity contribution in [1.29, 1.82) is 0 Å². The normalized spacial score (nSPS) is 19.0. The van der Waals surface area contributed by atoms with E-state index >= 15 is 0 Å². The Morgan fingerprint density at radius 2 is 1.85 bits per heavy atom. The summed E-state index contributed by atoms with van der Waals surface area (Å²) < 4.78 is 0.868. The number of aryl methyl sites for hydroxylation is 1. The van der Waals surface area contributed by atoms with E-state index in [0.29, 0.717) is 23.5 Å². The maximum atomic E-state index is 12.7. The molecule has 0 bridgehead atoms. The lowest BCUT2D eigenvalue weighted by atomic mass is 9.94. The third-order valence-electron chi connectivity index (χ3n) is 4.24. The SMILES string of the molecule is CC1(CCc2ccncc2)NC(=O)N(NC(=O)Nc2ccc(Br)cc2)C1=O. The number of anilines is 1. The highest BCUT2D eigenvalue weighted by Gasteiger charge is 2.48. The Bertz CT molecular complexity index is 859. The Morgan fingerprint density at radius 1 is 1.19 bits per heavy atom. The number of carbonyl (C=O) groups is 3. The van der Waals surface area contributed by atoms with Crippen molar-refractivity contribution in [3.63, 3.8) is 0 Å². The maximum Gasteiger partial charge on any atom is 0.344 e. The van der Waals surface area contributed by atoms with Crippen LogP contribution in [0.3, 0.4) is 0 Å². The van der Waals surface area contributed by atoms with Gasteiger partial charge < -0.3 is 10.6 Å². The number of aromatic nitrogens is 1. The molecular formula is C18H18BrN5O3. The highest BCUT2D eigenvalue weighted by molar-refractivity contribution is 9.10. The molecular weight excluding hydrogens is 414 g/mol. The summed E-state index contributed by atoms with van der Waals surface area (Å²) in [6, 6.07) is 9.27. The molecule has 27 heavy (non-hydrogen) atoms. The first kappa shape index (κ1) is 18.8. The van der Waals surface area contributed by atoms with Crippen molar-refractivity contribution in [2.75, 3.05) is 5.32 Å². The molecule has 3 rings (SSSR count). The Hall–Kier alpha value is -2.94. The van der Waals surface area contributed by atoms with Gasteiger partial charge in [-0.05, 0) is 61.7 Å². The zero-order valence-corrected chi connectivity index (χ0v) is 16.1. The van der Waals surface area contributed by atoms with Crippen LogP contribution >= 0.6 is 15.9 Å². The molecule has 5 amide bonds. The highest BCUT2D eigenvalue weighted by atomic mass is 79.9. The Labute approximate surface area is 164 Å². The number of nitrogens with zero attached hydrogens (tertiary/aromatic N) is 2. The minimum Gasteiger partial charge on any atom is -0.322 e. The van der Waals surface area contributed by atoms with E-state index in [2.05, 4.69) is 37.0 Å². The van der Waals surface area contributed by atoms with Crippen LogP contribution < -0.4 is 16.1 Å². The van der Waals surface area contributed by atoms with E-state index < -0.39 is 23.5 Å². The van der Waals surface area contributed by atoms with Gasteiger partial charge in [0.25, 0.3) is 5.91 Å². The third kappa shape index (κ3) is 4.43. The molecule has 2 aromatic rings. The smallest absolute Gasteiger partial charge is 0.322 e. The van der Waals surface area contributed by atoms with Gasteiger partial charge in [0.15, 0.2) is 0 Å². The van der Waals surface area contributed by atoms with Crippen molar-refractivity contribution < 1.29 is 14.4 Å². The standard InChI is InChI=1S/C18H18BrN5O3/c1-18(9-6-12-7-10-20-11-8-12)15(25)24(17(27)22-18)23-16(26)21-14-4-2-13(19)3-5-14/h2-5,7-8,10-11H,6,9H2,1H3,(H,22,27)(H2,21,23,26). The number of rotatable bonds is 5. The molecule has 1 atom stereocenters. The predicted octanol–water partition coefficient (Wildman–Crippen LogP) is 2.82. The Kier molecular flexibility index (Phi) is 5.41. The average Bonchev–Trinajstić information content (AvgIpc) is 2.86. The number of nitrogens with one attached hydrogen (secondary N) is 3. The first-order valence-electron chi connectivity index (χ1n) is 8.26. The van der Waals surface area contributed by atoms with Crippen molar-refractivity contribution >= 4 is 39.6 Å². The van der Waals surface area contributed by atoms with Crippen LogP contribution in [0, 0.1) is 0 Å². The summed E-state index contributed by atoms with van der Waals surface area (Å²) in [5.74, 6) is -0.507. The molecule has 0 radical (unpaired) electrons. The molecule has 140 valence electrons. The molecule has 0 aliphatic carbocycles. The molecule has 1 aromatic carbocycles. The van der Waals surface area contributed by atoms with Crippen molar-refractivity contribution in [1.82, 2.24) is 20.7 Å². The first-order valence-corrected chi connectivity index (χ1v) is 9.05. The van der Waals surface area contributed by atoms with E-state index in [1.54, 1.807) is 43.6 Å². The van der Waals surface area contributed by atoms with Gasteiger partial charge in [-0.25, -0.2) is 15.0 Å². The number of hydrogen-bond donors (Lipinski definition) is 3. The molecule has 0 spiro atoms. The van der Waals surface area contributed by atoms with Crippen LogP contribution in [-0.4, -0.2) is 33.5 Å². The lowest BCUT2D eigenvalue weighted by Crippen LogP contribution is -2.50. The van der Waals surface area contributed by atoms with Crippen LogP contribution in [-0.2, 0) is 11.2 Å². The highest BCUT2D eigenvalue weighted by Crippen LogP contribution is 2.22. The molecule has 8 nitrogen and oxygen atoms in total. The number of benzene rings is 1. The molecule has 2 heterocycles. The molecule has 1 unspecified atom stereocenters. The van der Waals surface area contributed by atoms with E-state index in [0.717, 1.165) is 10.0 Å². The van der Waals surface area contributed by atoms with Gasteiger partial charge in [-0.1, -0.05) is 15.9 Å². The summed E-state index contributed by atoms with van der Waals surface area (Å²) >= 11 is 3.30. The van der Waals surface area contributed by atoms with Gasteiger partial charge in [-0.3, -0.25) is 9.78 Å². The van der Waals surface area contributed by atoms with Crippen LogP contribution in [0.2, 0.25) is 0 Å². The molecule has 0 saturated carbocycles. The van der Waals surface area contributed by atoms with Gasteiger partial charge in [-0.2, -0.15) is 5.01 Å². The van der Waals surface area contributed by atoms with Crippen LogP contribution in [0.5, 0.6) is 0 Å². The number of hydrazine groups is 1. The molecule has 1 aliphatic heterocycles. The van der Waals surface area contributed by atoms with E-state index in [1.807, 2.05) is 12.1 Å². The zero-order chi connectivity index (χ0) is 19.4. The minimum absolute atomic E-state index is 0.397. The summed E-state index contributed by atoms with van der Waals surface area (Å²) in [5, 5.41) is 5.93. The number of hydrogen-bond acceptors (Lipinski definition) is 4. The second kappa shape index (κ2) is 7.75. The van der Waals surface area contributed by atoms with Crippen molar-refractivity contribution in [2.24, 2.45) is 0 Å². The molecule has 1 aromatic heterocycles. The van der Waals surface area contributed by atoms with Crippen LogP contribution in [0.1, 0.15) is 18.9 Å². The maximum absolute atomic E-state index is 12.7. The van der Waals surface area contributed by atoms with Crippen LogP contribution in [0.25, 0.3) is 0 Å². The van der Waals surface area contributed by atoms with E-state index in [9.17, 15) is 14.4 Å². The number of imide groups is 1. The summed E-state index contributed by atoms with van der Waals surface area (Å²) in [6.45, 7) is 1.64. The van der Waals surface area contributed by atoms with Gasteiger partial charge in [0, 0.05) is 22.6 Å². The lowest BCUT2D eigenvalue weighted by Gasteiger charge is -2.21. The number of pyridine rings is 1. The molecule has 1 saturated heterocycles. The van der Waals surface area contributed by atoms with E-state index in [-0.39, 0.29) is 0 Å². The monoisotopic (exact) mass is 431 g/mol. The second-order valence-corrected chi connectivity index (χ2v) is 7.25. The fourth-order valence-corrected chi connectivity index (χ4v) is 2.96. The van der Waals surface area contributed by atoms with E-state index in [4.69, 9.17) is 0 Å². The first-order chi connectivity index (χ1) is 12.9. The summed E-state index contributed by atoms with van der Waals surface area (Å²) in [7, 11) is 0. The molecule has 1 aliphatic rings. The van der Waals surface area contributed by atoms with Crippen molar-refractivity contribution in [3.8, 4) is 0 Å². The summed E-state index contributed by atoms with van der Waals surface area (Å²) in [6.07, 6.45) is 4.33. The predicted molar refractivity (Wildman–Crippen MR) is 103 cm³/mol. The number of carbonyl (C=O) groups excluding carboxylic acids is 3. The summed E-state index contributed by atoms with van der Waals surface area (Å²) in [4.78, 5) is 40.9. The Balaban J connectivity index is 1.61. The van der Waals surface area contributed by atoms with Gasteiger partial charge in [-0.15, -0.1) is 0 Å². The average molecular weight is 432 g/mol. The van der Waals surface area contributed by atoms with Crippen molar-refractivity contribution in [3.05, 3.63) is 58.8 Å². The van der Waals surface area contributed by atoms with Crippen LogP contribution in [0.4, 0.5) is 15.3 Å². The molecule has 1 fully saturated rings. The number of amides is 5. The van der Waals surface area contributed by atoms with Crippen LogP contribution in [0.15, 0.2) is 53.3 Å².